The zero-order chi connectivity index (χ0) is 10.7. The lowest BCUT2D eigenvalue weighted by molar-refractivity contribution is 0.415. The highest BCUT2D eigenvalue weighted by Crippen LogP contribution is 2.86. The molecule has 1 aliphatic heterocycles. The van der Waals surface area contributed by atoms with Crippen molar-refractivity contribution in [1.82, 2.24) is 0 Å². The largest absolute Gasteiger partial charge is 0.497 e. The van der Waals surface area contributed by atoms with Gasteiger partial charge in [-0.15, -0.1) is 23.0 Å². The van der Waals surface area contributed by atoms with Crippen molar-refractivity contribution < 1.29 is 4.74 Å². The van der Waals surface area contributed by atoms with Crippen LogP contribution in [0.4, 0.5) is 0 Å². The molecule has 2 rings (SSSR count). The first-order chi connectivity index (χ1) is 7.33. The molecule has 0 aliphatic carbocycles. The number of methoxy groups -OCH3 is 1. The maximum absolute atomic E-state index is 5.16. The van der Waals surface area contributed by atoms with Crippen molar-refractivity contribution in [2.24, 2.45) is 0 Å². The molecule has 0 radical (unpaired) electrons. The Morgan fingerprint density at radius 3 is 2.67 bits per heavy atom. The van der Waals surface area contributed by atoms with Crippen molar-refractivity contribution in [3.63, 3.8) is 0 Å². The van der Waals surface area contributed by atoms with Gasteiger partial charge >= 0.3 is 0 Å². The Hall–Kier alpha value is 1.28. The molecule has 2 atom stereocenters. The van der Waals surface area contributed by atoms with Gasteiger partial charge in [-0.3, -0.25) is 0 Å². The second-order valence-electron chi connectivity index (χ2n) is 2.71. The summed E-state index contributed by atoms with van der Waals surface area (Å²) in [5, 5.41) is 1.45. The lowest BCUT2D eigenvalue weighted by atomic mass is 10.3. The van der Waals surface area contributed by atoms with E-state index in [4.69, 9.17) is 4.74 Å². The van der Waals surface area contributed by atoms with Crippen LogP contribution in [0.5, 0.6) is 5.75 Å². The van der Waals surface area contributed by atoms with Gasteiger partial charge in [0.2, 0.25) is 0 Å². The maximum Gasteiger partial charge on any atom is 0.118 e. The van der Waals surface area contributed by atoms with E-state index in [-0.39, 0.29) is 12.7 Å². The van der Waals surface area contributed by atoms with Gasteiger partial charge in [-0.1, -0.05) is 21.4 Å². The highest BCUT2D eigenvalue weighted by Gasteiger charge is 2.27. The van der Waals surface area contributed by atoms with Gasteiger partial charge in [-0.25, -0.2) is 0 Å². The summed E-state index contributed by atoms with van der Waals surface area (Å²) in [5.74, 6) is 0.939. The lowest BCUT2D eigenvalue weighted by Gasteiger charge is -2.09. The van der Waals surface area contributed by atoms with Crippen LogP contribution >= 0.6 is 57.1 Å². The van der Waals surface area contributed by atoms with Gasteiger partial charge in [-0.05, 0) is 29.6 Å². The zero-order valence-corrected chi connectivity index (χ0v) is 13.1. The molecule has 1 aromatic carbocycles. The van der Waals surface area contributed by atoms with Crippen LogP contribution in [0.25, 0.3) is 0 Å². The van der Waals surface area contributed by atoms with Gasteiger partial charge in [0.05, 0.1) is 7.11 Å². The average molecular weight is 312 g/mol. The molecule has 1 saturated heterocycles. The van der Waals surface area contributed by atoms with Crippen LogP contribution in [0.3, 0.4) is 0 Å². The van der Waals surface area contributed by atoms with Crippen LogP contribution in [-0.4, -0.2) is 12.6 Å². The molecular formula is C8H10OP2S4. The minimum Gasteiger partial charge on any atom is -0.497 e. The van der Waals surface area contributed by atoms with Gasteiger partial charge < -0.3 is 4.74 Å². The number of ether oxygens (including phenoxy) is 1. The Bertz CT molecular complexity index is 321. The summed E-state index contributed by atoms with van der Waals surface area (Å²) in [4.78, 5) is 0. The molecular weight excluding hydrogens is 302 g/mol. The fraction of sp³-hybridized carbons (Fsp3) is 0.250. The van der Waals surface area contributed by atoms with Crippen LogP contribution < -0.4 is 10.0 Å². The summed E-state index contributed by atoms with van der Waals surface area (Å²) in [6.07, 6.45) is -0.0250. The van der Waals surface area contributed by atoms with Crippen molar-refractivity contribution >= 4 is 62.4 Å². The van der Waals surface area contributed by atoms with Gasteiger partial charge in [0.25, 0.3) is 0 Å². The molecule has 0 N–H and O–H groups in total. The maximum atomic E-state index is 5.16. The second kappa shape index (κ2) is 6.28. The normalized spacial score (nSPS) is 25.5. The summed E-state index contributed by atoms with van der Waals surface area (Å²) in [6.45, 7) is 0. The molecule has 82 valence electrons. The van der Waals surface area contributed by atoms with Crippen LogP contribution in [-0.2, 0) is 0 Å². The van der Waals surface area contributed by atoms with E-state index in [1.54, 1.807) is 17.5 Å². The Kier molecular flexibility index (Phi) is 5.33. The minimum atomic E-state index is -0.0659. The zero-order valence-electron chi connectivity index (χ0n) is 7.99. The summed E-state index contributed by atoms with van der Waals surface area (Å²) in [6, 6.07) is 8.47. The van der Waals surface area contributed by atoms with Crippen molar-refractivity contribution in [3.05, 3.63) is 24.3 Å². The smallest absolute Gasteiger partial charge is 0.118 e. The van der Waals surface area contributed by atoms with Crippen LogP contribution in [0.2, 0.25) is 0 Å². The fourth-order valence-electron chi connectivity index (χ4n) is 1.09. The van der Waals surface area contributed by atoms with Crippen molar-refractivity contribution in [2.45, 2.75) is 0 Å². The predicted molar refractivity (Wildman–Crippen MR) is 83.1 cm³/mol. The van der Waals surface area contributed by atoms with Gasteiger partial charge in [-0.2, -0.15) is 0 Å². The Balaban J connectivity index is 2.04. The summed E-state index contributed by atoms with van der Waals surface area (Å²) in [5.41, 5.74) is 1.27. The first kappa shape index (κ1) is 12.7. The van der Waals surface area contributed by atoms with Crippen LogP contribution in [0, 0.1) is 0 Å². The quantitative estimate of drug-likeness (QED) is 0.479. The van der Waals surface area contributed by atoms with E-state index in [2.05, 4.69) is 46.2 Å². The van der Waals surface area contributed by atoms with Gasteiger partial charge in [0.15, 0.2) is 0 Å². The summed E-state index contributed by atoms with van der Waals surface area (Å²) >= 11 is 8.51. The number of hydrogen-bond acceptors (Lipinski definition) is 5. The summed E-state index contributed by atoms with van der Waals surface area (Å²) < 4.78 is 5.16. The standard InChI is InChI=1S/C8H10OP2S4/c1-9-7-2-4-8(5-3-7)11-13-6-10(14-11)15-12/h2-5,12H,6H2,1H3. The molecule has 0 bridgehead atoms. The molecule has 1 heterocycles. The Morgan fingerprint density at radius 1 is 1.40 bits per heavy atom. The second-order valence-corrected chi connectivity index (χ2v) is 16.9. The highest BCUT2D eigenvalue weighted by molar-refractivity contribution is 9.25. The van der Waals surface area contributed by atoms with E-state index < -0.39 is 0 Å². The number of benzene rings is 1. The SMILES string of the molecule is COc1ccc(P2SCP(SS)S2)cc1. The molecule has 15 heavy (non-hydrogen) atoms. The predicted octanol–water partition coefficient (Wildman–Crippen LogP) is 4.96. The molecule has 1 nitrogen and oxygen atoms in total. The monoisotopic (exact) mass is 312 g/mol. The number of thiol groups is 1. The molecule has 1 aliphatic rings. The van der Waals surface area contributed by atoms with E-state index in [0.29, 0.717) is 0 Å². The molecule has 1 aromatic rings. The molecule has 0 amide bonds. The van der Waals surface area contributed by atoms with Crippen LogP contribution in [0.1, 0.15) is 0 Å². The summed E-state index contributed by atoms with van der Waals surface area (Å²) in [7, 11) is 3.44. The molecule has 1 fully saturated rings. The third-order valence-electron chi connectivity index (χ3n) is 1.82. The first-order valence-corrected chi connectivity index (χ1v) is 13.1. The highest BCUT2D eigenvalue weighted by atomic mass is 33.5. The minimum absolute atomic E-state index is 0.0409. The lowest BCUT2D eigenvalue weighted by Crippen LogP contribution is -1.94. The number of rotatable bonds is 3. The molecule has 0 spiro atoms. The third kappa shape index (κ3) is 3.37. The van der Waals surface area contributed by atoms with E-state index >= 15 is 0 Å². The topological polar surface area (TPSA) is 9.23 Å². The van der Waals surface area contributed by atoms with E-state index in [0.717, 1.165) is 5.75 Å². The number of hydrogen-bond donors (Lipinski definition) is 1. The molecule has 0 saturated carbocycles. The Morgan fingerprint density at radius 2 is 2.13 bits per heavy atom. The molecule has 7 heteroatoms. The molecule has 2 unspecified atom stereocenters. The van der Waals surface area contributed by atoms with Crippen molar-refractivity contribution in [2.75, 3.05) is 12.6 Å². The van der Waals surface area contributed by atoms with Crippen LogP contribution in [0.15, 0.2) is 24.3 Å². The Labute approximate surface area is 109 Å². The fourth-order valence-corrected chi connectivity index (χ4v) is 27.0. The van der Waals surface area contributed by atoms with Crippen molar-refractivity contribution in [3.8, 4) is 5.75 Å². The van der Waals surface area contributed by atoms with E-state index in [1.807, 2.05) is 12.1 Å². The molecule has 0 aromatic heterocycles. The third-order valence-corrected chi connectivity index (χ3v) is 22.0. The van der Waals surface area contributed by atoms with Crippen molar-refractivity contribution in [1.29, 1.82) is 0 Å². The van der Waals surface area contributed by atoms with E-state index in [9.17, 15) is 0 Å². The van der Waals surface area contributed by atoms with Gasteiger partial charge in [0.1, 0.15) is 5.75 Å². The first-order valence-electron chi connectivity index (χ1n) is 4.18. The van der Waals surface area contributed by atoms with E-state index in [1.165, 1.54) is 10.8 Å². The van der Waals surface area contributed by atoms with Gasteiger partial charge in [0, 0.05) is 18.1 Å². The average Bonchev–Trinajstić information content (AvgIpc) is 2.78.